The number of hydrogen-bond acceptors (Lipinski definition) is 4. The van der Waals surface area contributed by atoms with Gasteiger partial charge in [-0.05, 0) is 42.7 Å². The van der Waals surface area contributed by atoms with Crippen molar-refractivity contribution in [2.24, 2.45) is 0 Å². The zero-order valence-electron chi connectivity index (χ0n) is 13.7. The van der Waals surface area contributed by atoms with E-state index in [-0.39, 0.29) is 12.1 Å². The molecule has 0 saturated carbocycles. The van der Waals surface area contributed by atoms with Gasteiger partial charge >= 0.3 is 6.18 Å². The van der Waals surface area contributed by atoms with Gasteiger partial charge in [-0.1, -0.05) is 23.7 Å². The van der Waals surface area contributed by atoms with E-state index in [1.807, 2.05) is 0 Å². The van der Waals surface area contributed by atoms with Gasteiger partial charge < -0.3 is 10.4 Å². The standard InChI is InChI=1S/C17H14ClF3N2O4/c18-11-4-1-10(2-5-11)3-8-15(24)16(25)22-12-6-7-14(23(26)27)13(9-12)17(19,20)21/h1-2,4-7,9,15,24H,3,8H2,(H,22,25)/t15-/m0/s1. The van der Waals surface area contributed by atoms with E-state index >= 15 is 0 Å². The topological polar surface area (TPSA) is 92.5 Å². The molecular weight excluding hydrogens is 389 g/mol. The number of hydrogen-bond donors (Lipinski definition) is 2. The van der Waals surface area contributed by atoms with Gasteiger partial charge in [0.25, 0.3) is 11.6 Å². The summed E-state index contributed by atoms with van der Waals surface area (Å²) in [5.74, 6) is -0.911. The lowest BCUT2D eigenvalue weighted by Crippen LogP contribution is -2.28. The molecule has 10 heteroatoms. The highest BCUT2D eigenvalue weighted by atomic mass is 35.5. The second-order valence-electron chi connectivity index (χ2n) is 5.66. The van der Waals surface area contributed by atoms with Gasteiger partial charge in [0.05, 0.1) is 4.92 Å². The van der Waals surface area contributed by atoms with E-state index in [0.717, 1.165) is 11.6 Å². The number of aliphatic hydroxyl groups excluding tert-OH is 1. The van der Waals surface area contributed by atoms with Crippen LogP contribution >= 0.6 is 11.6 Å². The fourth-order valence-electron chi connectivity index (χ4n) is 2.31. The lowest BCUT2D eigenvalue weighted by Gasteiger charge is -2.13. The first-order chi connectivity index (χ1) is 12.6. The molecule has 2 aromatic carbocycles. The molecular formula is C17H14ClF3N2O4. The van der Waals surface area contributed by atoms with E-state index in [1.165, 1.54) is 0 Å². The van der Waals surface area contributed by atoms with Crippen LogP contribution in [0.4, 0.5) is 24.5 Å². The summed E-state index contributed by atoms with van der Waals surface area (Å²) >= 11 is 5.75. The fourth-order valence-corrected chi connectivity index (χ4v) is 2.44. The summed E-state index contributed by atoms with van der Waals surface area (Å²) in [6.45, 7) is 0. The number of rotatable bonds is 6. The quantitative estimate of drug-likeness (QED) is 0.559. The molecule has 0 aromatic heterocycles. The number of nitro benzene ring substituents is 1. The van der Waals surface area contributed by atoms with Crippen LogP contribution in [0.5, 0.6) is 0 Å². The molecule has 6 nitrogen and oxygen atoms in total. The van der Waals surface area contributed by atoms with Gasteiger partial charge in [-0.3, -0.25) is 14.9 Å². The summed E-state index contributed by atoms with van der Waals surface area (Å²) in [4.78, 5) is 21.5. The van der Waals surface area contributed by atoms with Crippen LogP contribution in [0.3, 0.4) is 0 Å². The minimum absolute atomic E-state index is 0.0343. The van der Waals surface area contributed by atoms with Gasteiger partial charge in [0.2, 0.25) is 0 Å². The number of amides is 1. The molecule has 0 fully saturated rings. The zero-order valence-corrected chi connectivity index (χ0v) is 14.4. The van der Waals surface area contributed by atoms with Crippen molar-refractivity contribution < 1.29 is 28.0 Å². The zero-order chi connectivity index (χ0) is 20.2. The second-order valence-corrected chi connectivity index (χ2v) is 6.09. The molecule has 144 valence electrons. The predicted octanol–water partition coefficient (Wildman–Crippen LogP) is 4.20. The molecule has 0 saturated heterocycles. The lowest BCUT2D eigenvalue weighted by molar-refractivity contribution is -0.388. The van der Waals surface area contributed by atoms with Crippen LogP contribution in [-0.4, -0.2) is 22.0 Å². The number of nitro groups is 1. The van der Waals surface area contributed by atoms with Crippen LogP contribution in [0.1, 0.15) is 17.5 Å². The number of nitrogens with zero attached hydrogens (tertiary/aromatic N) is 1. The molecule has 0 spiro atoms. The SMILES string of the molecule is O=C(Nc1ccc([N+](=O)[O-])c(C(F)(F)F)c1)[C@@H](O)CCc1ccc(Cl)cc1. The van der Waals surface area contributed by atoms with Gasteiger partial charge in [-0.25, -0.2) is 0 Å². The Bertz CT molecular complexity index is 841. The number of aliphatic hydroxyl groups is 1. The highest BCUT2D eigenvalue weighted by Gasteiger charge is 2.38. The largest absolute Gasteiger partial charge is 0.423 e. The molecule has 0 aliphatic rings. The highest BCUT2D eigenvalue weighted by Crippen LogP contribution is 2.37. The first-order valence-electron chi connectivity index (χ1n) is 7.67. The number of carbonyl (C=O) groups is 1. The first kappa shape index (κ1) is 20.7. The summed E-state index contributed by atoms with van der Waals surface area (Å²) < 4.78 is 38.8. The van der Waals surface area contributed by atoms with E-state index in [9.17, 15) is 33.2 Å². The maximum absolute atomic E-state index is 12.9. The Morgan fingerprint density at radius 3 is 2.41 bits per heavy atom. The van der Waals surface area contributed by atoms with Crippen molar-refractivity contribution in [3.63, 3.8) is 0 Å². The van der Waals surface area contributed by atoms with Crippen LogP contribution in [0, 0.1) is 10.1 Å². The number of nitrogens with one attached hydrogen (secondary N) is 1. The number of aryl methyl sites for hydroxylation is 1. The third kappa shape index (κ3) is 5.66. The number of anilines is 1. The third-order valence-corrected chi connectivity index (χ3v) is 3.94. The molecule has 0 aliphatic carbocycles. The number of halogens is 4. The molecule has 2 N–H and O–H groups in total. The Balaban J connectivity index is 2.05. The average Bonchev–Trinajstić information content (AvgIpc) is 2.60. The molecule has 0 heterocycles. The van der Waals surface area contributed by atoms with Gasteiger partial charge in [-0.15, -0.1) is 0 Å². The smallest absolute Gasteiger partial charge is 0.383 e. The maximum Gasteiger partial charge on any atom is 0.423 e. The van der Waals surface area contributed by atoms with Gasteiger partial charge in [-0.2, -0.15) is 13.2 Å². The normalized spacial score (nSPS) is 12.5. The van der Waals surface area contributed by atoms with Crippen molar-refractivity contribution in [2.45, 2.75) is 25.1 Å². The van der Waals surface area contributed by atoms with Crippen molar-refractivity contribution in [1.29, 1.82) is 0 Å². The number of benzene rings is 2. The monoisotopic (exact) mass is 402 g/mol. The van der Waals surface area contributed by atoms with Crippen molar-refractivity contribution in [3.8, 4) is 0 Å². The van der Waals surface area contributed by atoms with Crippen LogP contribution in [-0.2, 0) is 17.4 Å². The van der Waals surface area contributed by atoms with Crippen molar-refractivity contribution in [3.05, 3.63) is 68.7 Å². The Morgan fingerprint density at radius 2 is 1.85 bits per heavy atom. The third-order valence-electron chi connectivity index (χ3n) is 3.69. The summed E-state index contributed by atoms with van der Waals surface area (Å²) in [5, 5.41) is 23.3. The second kappa shape index (κ2) is 8.36. The highest BCUT2D eigenvalue weighted by molar-refractivity contribution is 6.30. The summed E-state index contributed by atoms with van der Waals surface area (Å²) in [6.07, 6.45) is -6.05. The molecule has 0 unspecified atom stereocenters. The minimum atomic E-state index is -4.96. The van der Waals surface area contributed by atoms with Crippen LogP contribution in [0.25, 0.3) is 0 Å². The predicted molar refractivity (Wildman–Crippen MR) is 92.5 cm³/mol. The average molecular weight is 403 g/mol. The van der Waals surface area contributed by atoms with Crippen molar-refractivity contribution >= 4 is 28.9 Å². The van der Waals surface area contributed by atoms with Crippen LogP contribution < -0.4 is 5.32 Å². The maximum atomic E-state index is 12.9. The molecule has 0 bridgehead atoms. The Morgan fingerprint density at radius 1 is 1.22 bits per heavy atom. The van der Waals surface area contributed by atoms with E-state index in [0.29, 0.717) is 23.6 Å². The molecule has 1 atom stereocenters. The molecule has 0 radical (unpaired) electrons. The molecule has 27 heavy (non-hydrogen) atoms. The number of alkyl halides is 3. The van der Waals surface area contributed by atoms with Crippen LogP contribution in [0.2, 0.25) is 5.02 Å². The van der Waals surface area contributed by atoms with Crippen molar-refractivity contribution in [1.82, 2.24) is 0 Å². The Hall–Kier alpha value is -2.65. The number of carbonyl (C=O) groups excluding carboxylic acids is 1. The van der Waals surface area contributed by atoms with Gasteiger partial charge in [0.1, 0.15) is 11.7 Å². The fraction of sp³-hybridized carbons (Fsp3) is 0.235. The Kier molecular flexibility index (Phi) is 6.40. The summed E-state index contributed by atoms with van der Waals surface area (Å²) in [5.41, 5.74) is -2.09. The first-order valence-corrected chi connectivity index (χ1v) is 8.04. The molecule has 2 rings (SSSR count). The summed E-state index contributed by atoms with van der Waals surface area (Å²) in [7, 11) is 0. The van der Waals surface area contributed by atoms with E-state index in [2.05, 4.69) is 5.32 Å². The van der Waals surface area contributed by atoms with Crippen molar-refractivity contribution in [2.75, 3.05) is 5.32 Å². The summed E-state index contributed by atoms with van der Waals surface area (Å²) in [6, 6.07) is 8.83. The van der Waals surface area contributed by atoms with Crippen LogP contribution in [0.15, 0.2) is 42.5 Å². The molecule has 0 aliphatic heterocycles. The molecule has 1 amide bonds. The molecule has 2 aromatic rings. The van der Waals surface area contributed by atoms with E-state index in [1.54, 1.807) is 24.3 Å². The van der Waals surface area contributed by atoms with E-state index in [4.69, 9.17) is 11.6 Å². The minimum Gasteiger partial charge on any atom is -0.383 e. The van der Waals surface area contributed by atoms with E-state index < -0.39 is 34.4 Å². The van der Waals surface area contributed by atoms with Gasteiger partial charge in [0, 0.05) is 16.8 Å². The van der Waals surface area contributed by atoms with Gasteiger partial charge in [0.15, 0.2) is 0 Å². The Labute approximate surface area is 156 Å². The lowest BCUT2D eigenvalue weighted by atomic mass is 10.1.